The van der Waals surface area contributed by atoms with Gasteiger partial charge in [0.1, 0.15) is 0 Å². The van der Waals surface area contributed by atoms with E-state index >= 15 is 0 Å². The van der Waals surface area contributed by atoms with Gasteiger partial charge in [-0.3, -0.25) is 4.79 Å². The number of carbonyl (C=O) groups is 1. The monoisotopic (exact) mass is 210 g/mol. The van der Waals surface area contributed by atoms with E-state index in [1.165, 1.54) is 32.1 Å². The smallest absolute Gasteiger partial charge is 0.220 e. The van der Waals surface area contributed by atoms with Crippen molar-refractivity contribution in [1.82, 2.24) is 10.6 Å². The van der Waals surface area contributed by atoms with Crippen LogP contribution in [-0.2, 0) is 4.79 Å². The molecule has 1 heterocycles. The van der Waals surface area contributed by atoms with E-state index in [1.54, 1.807) is 0 Å². The third-order valence-corrected chi connectivity index (χ3v) is 3.61. The fraction of sp³-hybridized carbons (Fsp3) is 0.917. The lowest BCUT2D eigenvalue weighted by Crippen LogP contribution is -2.41. The first-order valence-corrected chi connectivity index (χ1v) is 6.34. The first kappa shape index (κ1) is 10.9. The van der Waals surface area contributed by atoms with Crippen molar-refractivity contribution < 1.29 is 4.79 Å². The van der Waals surface area contributed by atoms with Crippen LogP contribution < -0.4 is 10.6 Å². The second kappa shape index (κ2) is 5.50. The van der Waals surface area contributed by atoms with E-state index in [0.717, 1.165) is 25.9 Å². The Morgan fingerprint density at radius 3 is 2.80 bits per heavy atom. The van der Waals surface area contributed by atoms with Gasteiger partial charge in [-0.25, -0.2) is 0 Å². The van der Waals surface area contributed by atoms with Crippen molar-refractivity contribution in [2.45, 2.75) is 51.0 Å². The SMILES string of the molecule is O=C(CC1CCC1)NC1CCCCNC1. The lowest BCUT2D eigenvalue weighted by atomic mass is 9.83. The van der Waals surface area contributed by atoms with E-state index in [4.69, 9.17) is 0 Å². The Morgan fingerprint density at radius 2 is 2.07 bits per heavy atom. The van der Waals surface area contributed by atoms with E-state index in [0.29, 0.717) is 12.0 Å². The van der Waals surface area contributed by atoms with Gasteiger partial charge in [0, 0.05) is 19.0 Å². The predicted octanol–water partition coefficient (Wildman–Crippen LogP) is 1.43. The van der Waals surface area contributed by atoms with Gasteiger partial charge in [-0.15, -0.1) is 0 Å². The molecule has 3 nitrogen and oxygen atoms in total. The lowest BCUT2D eigenvalue weighted by molar-refractivity contribution is -0.123. The fourth-order valence-corrected chi connectivity index (χ4v) is 2.39. The van der Waals surface area contributed by atoms with Gasteiger partial charge in [0.25, 0.3) is 0 Å². The Bertz CT molecular complexity index is 206. The summed E-state index contributed by atoms with van der Waals surface area (Å²) in [6, 6.07) is 0.375. The molecule has 0 spiro atoms. The van der Waals surface area contributed by atoms with Crippen molar-refractivity contribution >= 4 is 5.91 Å². The van der Waals surface area contributed by atoms with Gasteiger partial charge in [-0.05, 0) is 38.1 Å². The third kappa shape index (κ3) is 3.49. The molecule has 1 aliphatic heterocycles. The van der Waals surface area contributed by atoms with Gasteiger partial charge in [0.15, 0.2) is 0 Å². The summed E-state index contributed by atoms with van der Waals surface area (Å²) in [7, 11) is 0. The Labute approximate surface area is 92.0 Å². The van der Waals surface area contributed by atoms with Crippen LogP contribution in [0, 0.1) is 5.92 Å². The van der Waals surface area contributed by atoms with Crippen LogP contribution in [0.15, 0.2) is 0 Å². The number of hydrogen-bond donors (Lipinski definition) is 2. The number of carbonyl (C=O) groups excluding carboxylic acids is 1. The van der Waals surface area contributed by atoms with Gasteiger partial charge >= 0.3 is 0 Å². The van der Waals surface area contributed by atoms with Crippen LogP contribution in [0.1, 0.15) is 44.9 Å². The van der Waals surface area contributed by atoms with Crippen LogP contribution in [0.3, 0.4) is 0 Å². The highest BCUT2D eigenvalue weighted by Crippen LogP contribution is 2.29. The maximum Gasteiger partial charge on any atom is 0.220 e. The van der Waals surface area contributed by atoms with Crippen LogP contribution in [0.2, 0.25) is 0 Å². The average Bonchev–Trinajstić information content (AvgIpc) is 2.40. The Morgan fingerprint density at radius 1 is 1.20 bits per heavy atom. The summed E-state index contributed by atoms with van der Waals surface area (Å²) >= 11 is 0. The molecule has 1 saturated carbocycles. The summed E-state index contributed by atoms with van der Waals surface area (Å²) in [4.78, 5) is 11.7. The maximum atomic E-state index is 11.7. The standard InChI is InChI=1S/C12H22N2O/c15-12(8-10-4-3-5-10)14-11-6-1-2-7-13-9-11/h10-11,13H,1-9H2,(H,14,15). The van der Waals surface area contributed by atoms with Crippen LogP contribution in [0.4, 0.5) is 0 Å². The molecular formula is C12H22N2O. The highest BCUT2D eigenvalue weighted by Gasteiger charge is 2.22. The summed E-state index contributed by atoms with van der Waals surface area (Å²) in [5.41, 5.74) is 0. The quantitative estimate of drug-likeness (QED) is 0.740. The minimum atomic E-state index is 0.272. The van der Waals surface area contributed by atoms with Crippen molar-refractivity contribution in [2.24, 2.45) is 5.92 Å². The van der Waals surface area contributed by atoms with Crippen molar-refractivity contribution in [2.75, 3.05) is 13.1 Å². The van der Waals surface area contributed by atoms with Crippen LogP contribution in [0.5, 0.6) is 0 Å². The largest absolute Gasteiger partial charge is 0.352 e. The van der Waals surface area contributed by atoms with E-state index < -0.39 is 0 Å². The normalized spacial score (nSPS) is 27.9. The molecule has 15 heavy (non-hydrogen) atoms. The number of rotatable bonds is 3. The van der Waals surface area contributed by atoms with E-state index in [9.17, 15) is 4.79 Å². The van der Waals surface area contributed by atoms with Gasteiger partial charge in [-0.2, -0.15) is 0 Å². The summed E-state index contributed by atoms with van der Waals surface area (Å²) in [5.74, 6) is 0.956. The lowest BCUT2D eigenvalue weighted by Gasteiger charge is -2.25. The third-order valence-electron chi connectivity index (χ3n) is 3.61. The van der Waals surface area contributed by atoms with Crippen molar-refractivity contribution in [3.05, 3.63) is 0 Å². The fourth-order valence-electron chi connectivity index (χ4n) is 2.39. The molecule has 3 heteroatoms. The molecule has 1 atom stereocenters. The van der Waals surface area contributed by atoms with Crippen LogP contribution in [-0.4, -0.2) is 25.0 Å². The van der Waals surface area contributed by atoms with Crippen molar-refractivity contribution in [3.63, 3.8) is 0 Å². The average molecular weight is 210 g/mol. The zero-order valence-corrected chi connectivity index (χ0v) is 9.43. The van der Waals surface area contributed by atoms with E-state index in [-0.39, 0.29) is 5.91 Å². The topological polar surface area (TPSA) is 41.1 Å². The van der Waals surface area contributed by atoms with Gasteiger partial charge < -0.3 is 10.6 Å². The molecule has 0 aromatic heterocycles. The van der Waals surface area contributed by atoms with Gasteiger partial charge in [0.2, 0.25) is 5.91 Å². The molecule has 2 N–H and O–H groups in total. The summed E-state index contributed by atoms with van der Waals surface area (Å²) in [6.07, 6.45) is 8.23. The van der Waals surface area contributed by atoms with Crippen molar-refractivity contribution in [3.8, 4) is 0 Å². The minimum absolute atomic E-state index is 0.272. The Kier molecular flexibility index (Phi) is 4.01. The first-order valence-electron chi connectivity index (χ1n) is 6.34. The molecular weight excluding hydrogens is 188 g/mol. The van der Waals surface area contributed by atoms with E-state index in [2.05, 4.69) is 10.6 Å². The van der Waals surface area contributed by atoms with Crippen molar-refractivity contribution in [1.29, 1.82) is 0 Å². The first-order chi connectivity index (χ1) is 7.34. The zero-order chi connectivity index (χ0) is 10.5. The molecule has 0 aromatic carbocycles. The van der Waals surface area contributed by atoms with Gasteiger partial charge in [-0.1, -0.05) is 12.8 Å². The molecule has 1 saturated heterocycles. The molecule has 86 valence electrons. The van der Waals surface area contributed by atoms with Crippen LogP contribution >= 0.6 is 0 Å². The number of amides is 1. The second-order valence-corrected chi connectivity index (χ2v) is 4.97. The molecule has 0 bridgehead atoms. The van der Waals surface area contributed by atoms with E-state index in [1.807, 2.05) is 0 Å². The van der Waals surface area contributed by atoms with Gasteiger partial charge in [0.05, 0.1) is 0 Å². The Balaban J connectivity index is 1.67. The molecule has 2 fully saturated rings. The molecule has 1 aliphatic carbocycles. The highest BCUT2D eigenvalue weighted by atomic mass is 16.1. The minimum Gasteiger partial charge on any atom is -0.352 e. The molecule has 2 rings (SSSR count). The predicted molar refractivity (Wildman–Crippen MR) is 60.6 cm³/mol. The molecule has 1 unspecified atom stereocenters. The summed E-state index contributed by atoms with van der Waals surface area (Å²) in [5, 5.41) is 6.53. The number of hydrogen-bond acceptors (Lipinski definition) is 2. The molecule has 1 amide bonds. The Hall–Kier alpha value is -0.570. The highest BCUT2D eigenvalue weighted by molar-refractivity contribution is 5.76. The maximum absolute atomic E-state index is 11.7. The second-order valence-electron chi connectivity index (χ2n) is 4.97. The summed E-state index contributed by atoms with van der Waals surface area (Å²) < 4.78 is 0. The molecule has 0 aromatic rings. The number of nitrogens with one attached hydrogen (secondary N) is 2. The zero-order valence-electron chi connectivity index (χ0n) is 9.43. The van der Waals surface area contributed by atoms with Crippen LogP contribution in [0.25, 0.3) is 0 Å². The summed E-state index contributed by atoms with van der Waals surface area (Å²) in [6.45, 7) is 2.06. The molecule has 0 radical (unpaired) electrons. The molecule has 2 aliphatic rings.